The summed E-state index contributed by atoms with van der Waals surface area (Å²) in [4.78, 5) is 0. The van der Waals surface area contributed by atoms with Gasteiger partial charge in [-0.05, 0) is 48.9 Å². The summed E-state index contributed by atoms with van der Waals surface area (Å²) >= 11 is 6.05. The fourth-order valence-electron chi connectivity index (χ4n) is 2.59. The fraction of sp³-hybridized carbons (Fsp3) is 0.571. The van der Waals surface area contributed by atoms with Crippen LogP contribution in [0.5, 0.6) is 5.75 Å². The Morgan fingerprint density at radius 2 is 2.42 bits per heavy atom. The summed E-state index contributed by atoms with van der Waals surface area (Å²) in [5.41, 5.74) is 3.99. The largest absolute Gasteiger partial charge is 0.496 e. The van der Waals surface area contributed by atoms with Gasteiger partial charge in [-0.15, -0.1) is 0 Å². The van der Waals surface area contributed by atoms with E-state index in [1.54, 1.807) is 7.11 Å². The van der Waals surface area contributed by atoms with E-state index in [2.05, 4.69) is 5.43 Å². The second-order valence-corrected chi connectivity index (χ2v) is 5.35. The monoisotopic (exact) mass is 284 g/mol. The van der Waals surface area contributed by atoms with Crippen LogP contribution in [0.2, 0.25) is 5.02 Å². The third-order valence-corrected chi connectivity index (χ3v) is 3.90. The van der Waals surface area contributed by atoms with Gasteiger partial charge in [0, 0.05) is 17.7 Å². The minimum absolute atomic E-state index is 0.174. The predicted octanol–water partition coefficient (Wildman–Crippen LogP) is 2.15. The van der Waals surface area contributed by atoms with Crippen LogP contribution in [0.25, 0.3) is 0 Å². The molecule has 4 nitrogen and oxygen atoms in total. The SMILES string of the molecule is COc1ccc(Cl)cc1CC(NN)C1CCCOC1. The number of hydrogen-bond acceptors (Lipinski definition) is 4. The lowest BCUT2D eigenvalue weighted by atomic mass is 9.89. The number of methoxy groups -OCH3 is 1. The summed E-state index contributed by atoms with van der Waals surface area (Å²) in [6, 6.07) is 5.84. The number of rotatable bonds is 5. The zero-order chi connectivity index (χ0) is 13.7. The number of halogens is 1. The average Bonchev–Trinajstić information content (AvgIpc) is 2.46. The second-order valence-electron chi connectivity index (χ2n) is 4.91. The number of hydrazine groups is 1. The van der Waals surface area contributed by atoms with Crippen LogP contribution >= 0.6 is 11.6 Å². The number of ether oxygens (including phenoxy) is 2. The highest BCUT2D eigenvalue weighted by molar-refractivity contribution is 6.30. The van der Waals surface area contributed by atoms with E-state index in [1.807, 2.05) is 18.2 Å². The first kappa shape index (κ1) is 14.6. The van der Waals surface area contributed by atoms with Crippen molar-refractivity contribution in [1.29, 1.82) is 0 Å². The van der Waals surface area contributed by atoms with Gasteiger partial charge in [0.05, 0.1) is 13.7 Å². The molecule has 0 radical (unpaired) electrons. The summed E-state index contributed by atoms with van der Waals surface area (Å²) in [5, 5.41) is 0.714. The molecule has 3 N–H and O–H groups in total. The maximum Gasteiger partial charge on any atom is 0.122 e. The molecular formula is C14H21ClN2O2. The zero-order valence-corrected chi connectivity index (χ0v) is 12.0. The molecule has 1 saturated heterocycles. The zero-order valence-electron chi connectivity index (χ0n) is 11.2. The van der Waals surface area contributed by atoms with E-state index in [0.29, 0.717) is 10.9 Å². The minimum Gasteiger partial charge on any atom is -0.496 e. The quantitative estimate of drug-likeness (QED) is 0.643. The van der Waals surface area contributed by atoms with Crippen LogP contribution in [-0.2, 0) is 11.2 Å². The number of nitrogens with one attached hydrogen (secondary N) is 1. The predicted molar refractivity (Wildman–Crippen MR) is 76.4 cm³/mol. The van der Waals surface area contributed by atoms with Crippen molar-refractivity contribution >= 4 is 11.6 Å². The van der Waals surface area contributed by atoms with Gasteiger partial charge in [-0.25, -0.2) is 0 Å². The number of hydrogen-bond donors (Lipinski definition) is 2. The van der Waals surface area contributed by atoms with Crippen molar-refractivity contribution < 1.29 is 9.47 Å². The van der Waals surface area contributed by atoms with Crippen LogP contribution in [-0.4, -0.2) is 26.4 Å². The molecule has 0 aliphatic carbocycles. The Kier molecular flexibility index (Phi) is 5.45. The smallest absolute Gasteiger partial charge is 0.122 e. The fourth-order valence-corrected chi connectivity index (χ4v) is 2.78. The molecule has 2 unspecified atom stereocenters. The molecule has 106 valence electrons. The Bertz CT molecular complexity index is 408. The molecule has 0 spiro atoms. The highest BCUT2D eigenvalue weighted by Crippen LogP contribution is 2.27. The Labute approximate surface area is 119 Å². The molecule has 0 aromatic heterocycles. The van der Waals surface area contributed by atoms with E-state index in [4.69, 9.17) is 26.9 Å². The van der Waals surface area contributed by atoms with Crippen molar-refractivity contribution in [3.8, 4) is 5.75 Å². The molecule has 1 aliphatic heterocycles. The molecule has 0 saturated carbocycles. The summed E-state index contributed by atoms with van der Waals surface area (Å²) < 4.78 is 10.9. The number of nitrogens with two attached hydrogens (primary N) is 1. The van der Waals surface area contributed by atoms with Crippen LogP contribution in [0.3, 0.4) is 0 Å². The second kappa shape index (κ2) is 7.10. The van der Waals surface area contributed by atoms with Gasteiger partial charge in [0.1, 0.15) is 5.75 Å². The Morgan fingerprint density at radius 3 is 3.05 bits per heavy atom. The van der Waals surface area contributed by atoms with Crippen molar-refractivity contribution in [3.05, 3.63) is 28.8 Å². The summed E-state index contributed by atoms with van der Waals surface area (Å²) in [5.74, 6) is 6.98. The van der Waals surface area contributed by atoms with Crippen molar-refractivity contribution in [2.24, 2.45) is 11.8 Å². The van der Waals surface area contributed by atoms with Gasteiger partial charge >= 0.3 is 0 Å². The highest BCUT2D eigenvalue weighted by atomic mass is 35.5. The van der Waals surface area contributed by atoms with Gasteiger partial charge in [0.2, 0.25) is 0 Å². The molecule has 2 atom stereocenters. The molecule has 2 rings (SSSR count). The normalized spacial score (nSPS) is 21.1. The van der Waals surface area contributed by atoms with E-state index in [9.17, 15) is 0 Å². The Morgan fingerprint density at radius 1 is 1.58 bits per heavy atom. The standard InChI is InChI=1S/C14H21ClN2O2/c1-18-14-5-4-12(15)7-11(14)8-13(17-16)10-3-2-6-19-9-10/h4-5,7,10,13,17H,2-3,6,8-9,16H2,1H3. The molecule has 19 heavy (non-hydrogen) atoms. The molecule has 5 heteroatoms. The Balaban J connectivity index is 2.10. The van der Waals surface area contributed by atoms with Gasteiger partial charge in [0.25, 0.3) is 0 Å². The molecule has 1 fully saturated rings. The van der Waals surface area contributed by atoms with Crippen LogP contribution in [0.1, 0.15) is 18.4 Å². The average molecular weight is 285 g/mol. The third kappa shape index (κ3) is 3.83. The lowest BCUT2D eigenvalue weighted by Crippen LogP contribution is -2.45. The van der Waals surface area contributed by atoms with Crippen LogP contribution in [0.15, 0.2) is 18.2 Å². The van der Waals surface area contributed by atoms with E-state index in [-0.39, 0.29) is 6.04 Å². The van der Waals surface area contributed by atoms with E-state index >= 15 is 0 Å². The van der Waals surface area contributed by atoms with Gasteiger partial charge in [-0.2, -0.15) is 0 Å². The molecule has 1 aromatic rings. The van der Waals surface area contributed by atoms with Crippen LogP contribution in [0, 0.1) is 5.92 Å². The lowest BCUT2D eigenvalue weighted by molar-refractivity contribution is 0.0392. The van der Waals surface area contributed by atoms with Gasteiger partial charge in [-0.3, -0.25) is 11.3 Å². The molecular weight excluding hydrogens is 264 g/mol. The summed E-state index contributed by atoms with van der Waals surface area (Å²) in [7, 11) is 1.67. The van der Waals surface area contributed by atoms with Crippen molar-refractivity contribution in [2.75, 3.05) is 20.3 Å². The Hall–Kier alpha value is -0.810. The van der Waals surface area contributed by atoms with Crippen molar-refractivity contribution in [3.63, 3.8) is 0 Å². The maximum atomic E-state index is 6.05. The van der Waals surface area contributed by atoms with Crippen molar-refractivity contribution in [1.82, 2.24) is 5.43 Å². The number of benzene rings is 1. The first-order valence-corrected chi connectivity index (χ1v) is 6.98. The van der Waals surface area contributed by atoms with Crippen molar-refractivity contribution in [2.45, 2.75) is 25.3 Å². The molecule has 1 heterocycles. The van der Waals surface area contributed by atoms with Crippen LogP contribution < -0.4 is 16.0 Å². The molecule has 0 bridgehead atoms. The van der Waals surface area contributed by atoms with E-state index in [0.717, 1.165) is 43.8 Å². The highest BCUT2D eigenvalue weighted by Gasteiger charge is 2.24. The van der Waals surface area contributed by atoms with Gasteiger partial charge in [-0.1, -0.05) is 11.6 Å². The third-order valence-electron chi connectivity index (χ3n) is 3.66. The summed E-state index contributed by atoms with van der Waals surface area (Å²) in [6.45, 7) is 1.62. The summed E-state index contributed by atoms with van der Waals surface area (Å²) in [6.07, 6.45) is 3.02. The first-order chi connectivity index (χ1) is 9.24. The molecule has 1 aromatic carbocycles. The van der Waals surface area contributed by atoms with E-state index in [1.165, 1.54) is 0 Å². The van der Waals surface area contributed by atoms with Gasteiger partial charge < -0.3 is 9.47 Å². The van der Waals surface area contributed by atoms with Gasteiger partial charge in [0.15, 0.2) is 0 Å². The minimum atomic E-state index is 0.174. The topological polar surface area (TPSA) is 56.5 Å². The first-order valence-electron chi connectivity index (χ1n) is 6.61. The molecule has 1 aliphatic rings. The van der Waals surface area contributed by atoms with E-state index < -0.39 is 0 Å². The van der Waals surface area contributed by atoms with Crippen LogP contribution in [0.4, 0.5) is 0 Å². The lowest BCUT2D eigenvalue weighted by Gasteiger charge is -2.30. The molecule has 0 amide bonds. The maximum absolute atomic E-state index is 6.05.